The van der Waals surface area contributed by atoms with Gasteiger partial charge in [-0.1, -0.05) is 12.1 Å². The number of aryl methyl sites for hydroxylation is 1. The van der Waals surface area contributed by atoms with Gasteiger partial charge in [-0.2, -0.15) is 0 Å². The Kier molecular flexibility index (Phi) is 3.90. The van der Waals surface area contributed by atoms with Crippen LogP contribution in [-0.4, -0.2) is 11.1 Å². The molecule has 0 spiro atoms. The molecule has 1 heterocycles. The summed E-state index contributed by atoms with van der Waals surface area (Å²) in [6, 6.07) is 11.5. The lowest BCUT2D eigenvalue weighted by Gasteiger charge is -2.16. The third kappa shape index (κ3) is 3.37. The zero-order chi connectivity index (χ0) is 13.8. The molecule has 0 bridgehead atoms. The third-order valence-electron chi connectivity index (χ3n) is 2.57. The van der Waals surface area contributed by atoms with E-state index in [0.717, 1.165) is 17.1 Å². The summed E-state index contributed by atoms with van der Waals surface area (Å²) in [5.74, 6) is 1.44. The Morgan fingerprint density at radius 3 is 2.63 bits per heavy atom. The van der Waals surface area contributed by atoms with Crippen LogP contribution in [0.5, 0.6) is 5.75 Å². The number of benzene rings is 1. The molecule has 2 aromatic rings. The van der Waals surface area contributed by atoms with Crippen molar-refractivity contribution in [2.24, 2.45) is 0 Å². The van der Waals surface area contributed by atoms with E-state index in [1.54, 1.807) is 0 Å². The fraction of sp³-hybridized carbons (Fsp3) is 0.267. The minimum Gasteiger partial charge on any atom is -0.489 e. The predicted octanol–water partition coefficient (Wildman–Crippen LogP) is 3.50. The zero-order valence-corrected chi connectivity index (χ0v) is 11.5. The second-order valence-electron chi connectivity index (χ2n) is 4.68. The molecule has 100 valence electrons. The summed E-state index contributed by atoms with van der Waals surface area (Å²) >= 11 is 0. The van der Waals surface area contributed by atoms with Crippen molar-refractivity contribution >= 4 is 17.2 Å². The number of hydrogen-bond acceptors (Lipinski definition) is 4. The van der Waals surface area contributed by atoms with Crippen LogP contribution in [0.25, 0.3) is 0 Å². The first kappa shape index (κ1) is 13.2. The van der Waals surface area contributed by atoms with Crippen molar-refractivity contribution in [3.8, 4) is 5.75 Å². The fourth-order valence-electron chi connectivity index (χ4n) is 1.72. The minimum absolute atomic E-state index is 0.116. The molecule has 0 saturated heterocycles. The highest BCUT2D eigenvalue weighted by atomic mass is 16.5. The first-order chi connectivity index (χ1) is 9.06. The average Bonchev–Trinajstić information content (AvgIpc) is 2.35. The number of nitrogens with two attached hydrogens (primary N) is 1. The Morgan fingerprint density at radius 1 is 1.16 bits per heavy atom. The van der Waals surface area contributed by atoms with Crippen molar-refractivity contribution in [2.75, 3.05) is 11.1 Å². The molecule has 0 atom stereocenters. The quantitative estimate of drug-likeness (QED) is 0.880. The first-order valence-corrected chi connectivity index (χ1v) is 6.32. The molecule has 0 amide bonds. The summed E-state index contributed by atoms with van der Waals surface area (Å²) in [6.45, 7) is 5.92. The molecule has 2 rings (SSSR count). The van der Waals surface area contributed by atoms with Gasteiger partial charge >= 0.3 is 0 Å². The second kappa shape index (κ2) is 5.61. The summed E-state index contributed by atoms with van der Waals surface area (Å²) in [5.41, 5.74) is 8.32. The maximum absolute atomic E-state index is 5.92. The fourth-order valence-corrected chi connectivity index (χ4v) is 1.72. The van der Waals surface area contributed by atoms with Crippen molar-refractivity contribution in [3.05, 3.63) is 42.1 Å². The second-order valence-corrected chi connectivity index (χ2v) is 4.68. The number of pyridine rings is 1. The summed E-state index contributed by atoms with van der Waals surface area (Å²) < 4.78 is 5.76. The van der Waals surface area contributed by atoms with Crippen molar-refractivity contribution in [3.63, 3.8) is 0 Å². The van der Waals surface area contributed by atoms with Crippen LogP contribution in [0.3, 0.4) is 0 Å². The summed E-state index contributed by atoms with van der Waals surface area (Å²) in [7, 11) is 0. The summed E-state index contributed by atoms with van der Waals surface area (Å²) in [6.07, 6.45) is 0.116. The molecule has 0 aliphatic rings. The predicted molar refractivity (Wildman–Crippen MR) is 78.9 cm³/mol. The SMILES string of the molecule is Cc1ccc(N)c(Nc2ccccc2OC(C)C)n1. The van der Waals surface area contributed by atoms with Gasteiger partial charge in [-0.05, 0) is 45.0 Å². The number of hydrogen-bond donors (Lipinski definition) is 2. The van der Waals surface area contributed by atoms with Crippen LogP contribution < -0.4 is 15.8 Å². The number of para-hydroxylation sites is 2. The zero-order valence-electron chi connectivity index (χ0n) is 11.5. The van der Waals surface area contributed by atoms with Crippen LogP contribution in [0.4, 0.5) is 17.2 Å². The van der Waals surface area contributed by atoms with Gasteiger partial charge in [0.05, 0.1) is 17.5 Å². The lowest BCUT2D eigenvalue weighted by Crippen LogP contribution is -2.08. The summed E-state index contributed by atoms with van der Waals surface area (Å²) in [4.78, 5) is 4.40. The molecule has 3 N–H and O–H groups in total. The van der Waals surface area contributed by atoms with Crippen LogP contribution >= 0.6 is 0 Å². The van der Waals surface area contributed by atoms with E-state index in [0.29, 0.717) is 11.5 Å². The van der Waals surface area contributed by atoms with Crippen LogP contribution in [0.2, 0.25) is 0 Å². The van der Waals surface area contributed by atoms with Gasteiger partial charge in [0, 0.05) is 5.69 Å². The molecule has 1 aromatic carbocycles. The first-order valence-electron chi connectivity index (χ1n) is 6.32. The van der Waals surface area contributed by atoms with Gasteiger partial charge in [-0.3, -0.25) is 0 Å². The van der Waals surface area contributed by atoms with Crippen molar-refractivity contribution in [1.82, 2.24) is 4.98 Å². The van der Waals surface area contributed by atoms with Gasteiger partial charge in [0.2, 0.25) is 0 Å². The molecule has 4 nitrogen and oxygen atoms in total. The third-order valence-corrected chi connectivity index (χ3v) is 2.57. The van der Waals surface area contributed by atoms with E-state index in [9.17, 15) is 0 Å². The Bertz CT molecular complexity index is 567. The monoisotopic (exact) mass is 257 g/mol. The van der Waals surface area contributed by atoms with Gasteiger partial charge in [0.15, 0.2) is 5.82 Å². The van der Waals surface area contributed by atoms with Gasteiger partial charge in [-0.15, -0.1) is 0 Å². The van der Waals surface area contributed by atoms with Crippen LogP contribution in [0, 0.1) is 6.92 Å². The maximum atomic E-state index is 5.92. The van der Waals surface area contributed by atoms with Crippen molar-refractivity contribution in [1.29, 1.82) is 0 Å². The molecule has 0 aliphatic carbocycles. The Labute approximate surface area is 113 Å². The highest BCUT2D eigenvalue weighted by Gasteiger charge is 2.08. The van der Waals surface area contributed by atoms with Gasteiger partial charge in [-0.25, -0.2) is 4.98 Å². The molecule has 0 fully saturated rings. The normalized spacial score (nSPS) is 10.5. The lowest BCUT2D eigenvalue weighted by molar-refractivity contribution is 0.244. The van der Waals surface area contributed by atoms with E-state index in [2.05, 4.69) is 10.3 Å². The standard InChI is InChI=1S/C15H19N3O/c1-10(2)19-14-7-5-4-6-13(14)18-15-12(16)9-8-11(3)17-15/h4-10H,16H2,1-3H3,(H,17,18). The van der Waals surface area contributed by atoms with E-state index in [4.69, 9.17) is 10.5 Å². The van der Waals surface area contributed by atoms with Crippen LogP contribution in [0.1, 0.15) is 19.5 Å². The van der Waals surface area contributed by atoms with Crippen LogP contribution in [-0.2, 0) is 0 Å². The molecule has 19 heavy (non-hydrogen) atoms. The Hall–Kier alpha value is -2.23. The molecule has 0 radical (unpaired) electrons. The Balaban J connectivity index is 2.30. The van der Waals surface area contributed by atoms with Gasteiger partial charge < -0.3 is 15.8 Å². The topological polar surface area (TPSA) is 60.2 Å². The number of rotatable bonds is 4. The van der Waals surface area contributed by atoms with Gasteiger partial charge in [0.25, 0.3) is 0 Å². The Morgan fingerprint density at radius 2 is 1.89 bits per heavy atom. The van der Waals surface area contributed by atoms with E-state index in [1.165, 1.54) is 0 Å². The van der Waals surface area contributed by atoms with E-state index in [-0.39, 0.29) is 6.10 Å². The lowest BCUT2D eigenvalue weighted by atomic mass is 10.2. The molecule has 0 saturated carbocycles. The number of nitrogens with zero attached hydrogens (tertiary/aromatic N) is 1. The molecule has 0 aliphatic heterocycles. The largest absolute Gasteiger partial charge is 0.489 e. The van der Waals surface area contributed by atoms with Gasteiger partial charge in [0.1, 0.15) is 5.75 Å². The number of ether oxygens (including phenoxy) is 1. The van der Waals surface area contributed by atoms with E-state index < -0.39 is 0 Å². The molecule has 0 unspecified atom stereocenters. The number of nitrogens with one attached hydrogen (secondary N) is 1. The number of aromatic nitrogens is 1. The average molecular weight is 257 g/mol. The molecule has 1 aromatic heterocycles. The highest BCUT2D eigenvalue weighted by molar-refractivity contribution is 5.72. The molecular formula is C15H19N3O. The van der Waals surface area contributed by atoms with E-state index >= 15 is 0 Å². The number of anilines is 3. The minimum atomic E-state index is 0.116. The molecule has 4 heteroatoms. The highest BCUT2D eigenvalue weighted by Crippen LogP contribution is 2.29. The van der Waals surface area contributed by atoms with Crippen molar-refractivity contribution in [2.45, 2.75) is 26.9 Å². The number of nitrogen functional groups attached to an aromatic ring is 1. The molecular weight excluding hydrogens is 238 g/mol. The summed E-state index contributed by atoms with van der Waals surface area (Å²) in [5, 5.41) is 3.23. The van der Waals surface area contributed by atoms with Crippen LogP contribution in [0.15, 0.2) is 36.4 Å². The smallest absolute Gasteiger partial charge is 0.153 e. The van der Waals surface area contributed by atoms with Crippen molar-refractivity contribution < 1.29 is 4.74 Å². The van der Waals surface area contributed by atoms with E-state index in [1.807, 2.05) is 57.2 Å². The maximum Gasteiger partial charge on any atom is 0.153 e.